The molecule has 2 unspecified atom stereocenters. The normalized spacial score (nSPS) is 12.9. The van der Waals surface area contributed by atoms with Crippen LogP contribution in [0, 0.1) is 23.2 Å². The van der Waals surface area contributed by atoms with Crippen LogP contribution in [0.15, 0.2) is 54.6 Å². The van der Waals surface area contributed by atoms with E-state index >= 15 is 0 Å². The van der Waals surface area contributed by atoms with Gasteiger partial charge in [0.05, 0.1) is 24.8 Å². The quantitative estimate of drug-likeness (QED) is 0.427. The molecule has 0 radical (unpaired) electrons. The third kappa shape index (κ3) is 6.57. The molecule has 1 amide bonds. The maximum absolute atomic E-state index is 13.0. The molecule has 0 bridgehead atoms. The summed E-state index contributed by atoms with van der Waals surface area (Å²) in [7, 11) is 0. The molecule has 1 N–H and O–H groups in total. The number of rotatable bonds is 9. The van der Waals surface area contributed by atoms with Gasteiger partial charge in [0.1, 0.15) is 5.92 Å². The van der Waals surface area contributed by atoms with Crippen LogP contribution < -0.4 is 5.32 Å². The fourth-order valence-corrected chi connectivity index (χ4v) is 3.37. The van der Waals surface area contributed by atoms with Gasteiger partial charge in [-0.25, -0.2) is 0 Å². The Morgan fingerprint density at radius 1 is 0.941 bits per heavy atom. The van der Waals surface area contributed by atoms with E-state index in [-0.39, 0.29) is 18.9 Å². The van der Waals surface area contributed by atoms with Crippen molar-refractivity contribution in [3.05, 3.63) is 65.7 Å². The van der Waals surface area contributed by atoms with E-state index in [9.17, 15) is 32.8 Å². The Morgan fingerprint density at radius 3 is 1.91 bits per heavy atom. The fourth-order valence-electron chi connectivity index (χ4n) is 3.37. The monoisotopic (exact) mass is 476 g/mol. The number of alkyl halides is 3. The Morgan fingerprint density at radius 2 is 1.47 bits per heavy atom. The summed E-state index contributed by atoms with van der Waals surface area (Å²) >= 11 is 0. The molecule has 2 aromatic rings. The number of carbonyl (C=O) groups is 3. The Kier molecular flexibility index (Phi) is 9.18. The molecule has 0 aliphatic heterocycles. The van der Waals surface area contributed by atoms with Gasteiger partial charge in [-0.05, 0) is 43.7 Å². The van der Waals surface area contributed by atoms with Crippen molar-refractivity contribution in [2.45, 2.75) is 25.9 Å². The molecule has 0 aliphatic carbocycles. The Balaban J connectivity index is 2.46. The van der Waals surface area contributed by atoms with Crippen molar-refractivity contribution in [1.29, 1.82) is 5.26 Å². The predicted octanol–water partition coefficient (Wildman–Crippen LogP) is 4.31. The molecule has 0 spiro atoms. The lowest BCUT2D eigenvalue weighted by Crippen LogP contribution is -2.40. The van der Waals surface area contributed by atoms with Crippen LogP contribution in [-0.2, 0) is 30.0 Å². The highest BCUT2D eigenvalue weighted by Gasteiger charge is 2.45. The first kappa shape index (κ1) is 26.4. The zero-order valence-electron chi connectivity index (χ0n) is 18.5. The van der Waals surface area contributed by atoms with Crippen molar-refractivity contribution < 1.29 is 37.0 Å². The van der Waals surface area contributed by atoms with Crippen LogP contribution >= 0.6 is 0 Å². The first-order chi connectivity index (χ1) is 16.1. The molecule has 180 valence electrons. The standard InChI is InChI=1S/C24H23F3N2O5/c1-3-33-22(31)20(23(32)34-4-2)19(15-8-6-5-7-9-15)18(14-28)21(30)29-17-12-10-16(11-13-17)24(25,26)27/h5-13,18-20H,3-4H2,1-2H3,(H,29,30). The van der Waals surface area contributed by atoms with E-state index < -0.39 is 47.3 Å². The molecule has 0 saturated carbocycles. The number of anilines is 1. The van der Waals surface area contributed by atoms with E-state index in [0.717, 1.165) is 24.3 Å². The average Bonchev–Trinajstić information content (AvgIpc) is 2.79. The molecular weight excluding hydrogens is 453 g/mol. The Hall–Kier alpha value is -3.87. The lowest BCUT2D eigenvalue weighted by atomic mass is 9.76. The van der Waals surface area contributed by atoms with Gasteiger partial charge in [-0.2, -0.15) is 18.4 Å². The van der Waals surface area contributed by atoms with Gasteiger partial charge in [-0.15, -0.1) is 0 Å². The Bertz CT molecular complexity index is 1020. The first-order valence-corrected chi connectivity index (χ1v) is 10.4. The lowest BCUT2D eigenvalue weighted by Gasteiger charge is -2.27. The first-order valence-electron chi connectivity index (χ1n) is 10.4. The van der Waals surface area contributed by atoms with E-state index in [1.807, 2.05) is 6.07 Å². The molecule has 0 fully saturated rings. The highest BCUT2D eigenvalue weighted by atomic mass is 19.4. The van der Waals surface area contributed by atoms with Gasteiger partial charge in [0.15, 0.2) is 5.92 Å². The summed E-state index contributed by atoms with van der Waals surface area (Å²) in [5, 5.41) is 12.3. The predicted molar refractivity (Wildman–Crippen MR) is 115 cm³/mol. The van der Waals surface area contributed by atoms with Crippen LogP contribution in [0.25, 0.3) is 0 Å². The minimum absolute atomic E-state index is 0.00822. The van der Waals surface area contributed by atoms with E-state index in [2.05, 4.69) is 5.32 Å². The summed E-state index contributed by atoms with van der Waals surface area (Å²) < 4.78 is 48.5. The zero-order chi connectivity index (χ0) is 25.3. The lowest BCUT2D eigenvalue weighted by molar-refractivity contribution is -0.163. The van der Waals surface area contributed by atoms with Gasteiger partial charge in [-0.3, -0.25) is 14.4 Å². The average molecular weight is 476 g/mol. The summed E-state index contributed by atoms with van der Waals surface area (Å²) in [5.41, 5.74) is -0.564. The van der Waals surface area contributed by atoms with Crippen molar-refractivity contribution >= 4 is 23.5 Å². The van der Waals surface area contributed by atoms with Gasteiger partial charge in [-0.1, -0.05) is 30.3 Å². The zero-order valence-corrected chi connectivity index (χ0v) is 18.5. The maximum Gasteiger partial charge on any atom is 0.416 e. The minimum atomic E-state index is -4.55. The highest BCUT2D eigenvalue weighted by molar-refractivity contribution is 6.00. The third-order valence-electron chi connectivity index (χ3n) is 4.89. The molecule has 0 aliphatic rings. The number of hydrogen-bond acceptors (Lipinski definition) is 6. The Labute approximate surface area is 194 Å². The van der Waals surface area contributed by atoms with Crippen LogP contribution in [0.2, 0.25) is 0 Å². The summed E-state index contributed by atoms with van der Waals surface area (Å²) in [5.74, 6) is -7.31. The van der Waals surface area contributed by atoms with Crippen molar-refractivity contribution in [2.75, 3.05) is 18.5 Å². The van der Waals surface area contributed by atoms with E-state index in [1.165, 1.54) is 13.8 Å². The van der Waals surface area contributed by atoms with Gasteiger partial charge >= 0.3 is 18.1 Å². The topological polar surface area (TPSA) is 105 Å². The molecule has 2 atom stereocenters. The van der Waals surface area contributed by atoms with E-state index in [1.54, 1.807) is 30.3 Å². The minimum Gasteiger partial charge on any atom is -0.465 e. The molecule has 10 heteroatoms. The molecule has 7 nitrogen and oxygen atoms in total. The molecule has 0 aromatic heterocycles. The molecule has 34 heavy (non-hydrogen) atoms. The fraction of sp³-hybridized carbons (Fsp3) is 0.333. The number of benzene rings is 2. The number of esters is 2. The van der Waals surface area contributed by atoms with Gasteiger partial charge < -0.3 is 14.8 Å². The summed E-state index contributed by atoms with van der Waals surface area (Å²) in [4.78, 5) is 38.5. The van der Waals surface area contributed by atoms with Gasteiger partial charge in [0, 0.05) is 11.6 Å². The van der Waals surface area contributed by atoms with Crippen LogP contribution in [0.4, 0.5) is 18.9 Å². The number of nitrogens with one attached hydrogen (secondary N) is 1. The molecular formula is C24H23F3N2O5. The smallest absolute Gasteiger partial charge is 0.416 e. The molecule has 2 rings (SSSR count). The van der Waals surface area contributed by atoms with Crippen molar-refractivity contribution in [3.63, 3.8) is 0 Å². The van der Waals surface area contributed by atoms with Crippen molar-refractivity contribution in [2.24, 2.45) is 11.8 Å². The molecule has 0 saturated heterocycles. The van der Waals surface area contributed by atoms with Crippen LogP contribution in [0.1, 0.15) is 30.9 Å². The number of nitriles is 1. The van der Waals surface area contributed by atoms with E-state index in [4.69, 9.17) is 9.47 Å². The second kappa shape index (κ2) is 11.8. The number of carbonyl (C=O) groups excluding carboxylic acids is 3. The number of amides is 1. The van der Waals surface area contributed by atoms with Gasteiger partial charge in [0.2, 0.25) is 5.91 Å². The summed E-state index contributed by atoms with van der Waals surface area (Å²) in [6.45, 7) is 2.98. The SMILES string of the molecule is CCOC(=O)C(C(=O)OCC)C(c1ccccc1)C(C#N)C(=O)Nc1ccc(C(F)(F)F)cc1. The number of ether oxygens (including phenoxy) is 2. The van der Waals surface area contributed by atoms with Crippen molar-refractivity contribution in [1.82, 2.24) is 0 Å². The summed E-state index contributed by atoms with van der Waals surface area (Å²) in [6.07, 6.45) is -4.55. The summed E-state index contributed by atoms with van der Waals surface area (Å²) in [6, 6.07) is 13.5. The second-order valence-electron chi connectivity index (χ2n) is 7.09. The van der Waals surface area contributed by atoms with Crippen molar-refractivity contribution in [3.8, 4) is 6.07 Å². The maximum atomic E-state index is 13.0. The number of halogens is 3. The third-order valence-corrected chi connectivity index (χ3v) is 4.89. The number of nitrogens with zero attached hydrogens (tertiary/aromatic N) is 1. The van der Waals surface area contributed by atoms with Crippen LogP contribution in [-0.4, -0.2) is 31.1 Å². The van der Waals surface area contributed by atoms with Crippen LogP contribution in [0.3, 0.4) is 0 Å². The van der Waals surface area contributed by atoms with Crippen LogP contribution in [0.5, 0.6) is 0 Å². The second-order valence-corrected chi connectivity index (χ2v) is 7.09. The number of hydrogen-bond donors (Lipinski definition) is 1. The van der Waals surface area contributed by atoms with E-state index in [0.29, 0.717) is 5.56 Å². The molecule has 0 heterocycles. The van der Waals surface area contributed by atoms with Gasteiger partial charge in [0.25, 0.3) is 0 Å². The largest absolute Gasteiger partial charge is 0.465 e. The highest BCUT2D eigenvalue weighted by Crippen LogP contribution is 2.35. The molecule has 2 aromatic carbocycles.